The molecular weight excluding hydrogens is 336 g/mol. The number of thiocarbonyl (C=S) groups is 1. The Bertz CT molecular complexity index is 806. The first-order valence-corrected chi connectivity index (χ1v) is 9.03. The average molecular weight is 352 g/mol. The van der Waals surface area contributed by atoms with Crippen LogP contribution in [0.2, 0.25) is 0 Å². The maximum Gasteiger partial charge on any atom is 0.170 e. The van der Waals surface area contributed by atoms with Crippen LogP contribution in [-0.2, 0) is 6.54 Å². The van der Waals surface area contributed by atoms with E-state index in [2.05, 4.69) is 37.7 Å². The summed E-state index contributed by atoms with van der Waals surface area (Å²) in [6.45, 7) is 0.679. The van der Waals surface area contributed by atoms with Gasteiger partial charge in [-0.25, -0.2) is 0 Å². The van der Waals surface area contributed by atoms with E-state index in [0.29, 0.717) is 6.54 Å². The molecule has 4 nitrogen and oxygen atoms in total. The van der Waals surface area contributed by atoms with E-state index >= 15 is 0 Å². The molecule has 0 aromatic carbocycles. The van der Waals surface area contributed by atoms with E-state index in [1.54, 1.807) is 11.3 Å². The smallest absolute Gasteiger partial charge is 0.170 e. The van der Waals surface area contributed by atoms with Crippen LogP contribution in [0.4, 0.5) is 0 Å². The Kier molecular flexibility index (Phi) is 4.23. The molecule has 2 unspecified atom stereocenters. The second-order valence-corrected chi connectivity index (χ2v) is 6.96. The summed E-state index contributed by atoms with van der Waals surface area (Å²) in [7, 11) is 0. The summed E-state index contributed by atoms with van der Waals surface area (Å²) in [4.78, 5) is 12.5. The molecule has 0 amide bonds. The topological polar surface area (TPSA) is 41.1 Å². The molecule has 4 heterocycles. The van der Waals surface area contributed by atoms with Gasteiger partial charge >= 0.3 is 0 Å². The van der Waals surface area contributed by atoms with E-state index < -0.39 is 0 Å². The zero-order chi connectivity index (χ0) is 16.4. The Morgan fingerprint density at radius 2 is 1.88 bits per heavy atom. The van der Waals surface area contributed by atoms with Crippen LogP contribution in [0.5, 0.6) is 0 Å². The van der Waals surface area contributed by atoms with Crippen molar-refractivity contribution >= 4 is 28.7 Å². The predicted octanol–water partition coefficient (Wildman–Crippen LogP) is 3.71. The highest BCUT2D eigenvalue weighted by molar-refractivity contribution is 7.80. The average Bonchev–Trinajstić information content (AvgIpc) is 3.25. The molecule has 0 radical (unpaired) electrons. The number of nitrogens with one attached hydrogen (secondary N) is 1. The summed E-state index contributed by atoms with van der Waals surface area (Å²) < 4.78 is 0. The van der Waals surface area contributed by atoms with Gasteiger partial charge in [-0.05, 0) is 47.9 Å². The molecule has 0 aliphatic carbocycles. The molecule has 1 aliphatic rings. The normalized spacial score (nSPS) is 20.2. The molecule has 3 aromatic heterocycles. The summed E-state index contributed by atoms with van der Waals surface area (Å²) in [5, 5.41) is 6.30. The Hall–Kier alpha value is -2.31. The van der Waals surface area contributed by atoms with Gasteiger partial charge in [0.05, 0.1) is 30.0 Å². The van der Waals surface area contributed by atoms with E-state index in [9.17, 15) is 0 Å². The Balaban J connectivity index is 1.71. The molecule has 1 fully saturated rings. The Labute approximate surface area is 150 Å². The predicted molar refractivity (Wildman–Crippen MR) is 99.6 cm³/mol. The zero-order valence-electron chi connectivity index (χ0n) is 12.9. The van der Waals surface area contributed by atoms with E-state index in [1.807, 2.05) is 48.8 Å². The lowest BCUT2D eigenvalue weighted by molar-refractivity contribution is 0.312. The van der Waals surface area contributed by atoms with Crippen molar-refractivity contribution < 1.29 is 0 Å². The maximum atomic E-state index is 5.63. The molecule has 0 spiro atoms. The SMILES string of the molecule is S=C1NC(c2ccccn2)C(c2cccs2)N1Cc1ccccn1. The monoisotopic (exact) mass is 352 g/mol. The van der Waals surface area contributed by atoms with Crippen molar-refractivity contribution in [3.63, 3.8) is 0 Å². The number of pyridine rings is 2. The maximum absolute atomic E-state index is 5.63. The van der Waals surface area contributed by atoms with Gasteiger partial charge < -0.3 is 10.2 Å². The molecule has 3 aromatic rings. The van der Waals surface area contributed by atoms with Crippen molar-refractivity contribution in [1.82, 2.24) is 20.2 Å². The number of hydrogen-bond donors (Lipinski definition) is 1. The van der Waals surface area contributed by atoms with E-state index in [4.69, 9.17) is 12.2 Å². The summed E-state index contributed by atoms with van der Waals surface area (Å²) in [5.74, 6) is 0. The van der Waals surface area contributed by atoms with E-state index in [-0.39, 0.29) is 12.1 Å². The van der Waals surface area contributed by atoms with Gasteiger partial charge in [0.2, 0.25) is 0 Å². The second-order valence-electron chi connectivity index (χ2n) is 5.59. The number of aromatic nitrogens is 2. The van der Waals surface area contributed by atoms with Crippen molar-refractivity contribution in [3.8, 4) is 0 Å². The van der Waals surface area contributed by atoms with Crippen LogP contribution in [0.15, 0.2) is 66.3 Å². The summed E-state index contributed by atoms with van der Waals surface area (Å²) in [6.07, 6.45) is 3.64. The number of rotatable bonds is 4. The molecule has 6 heteroatoms. The van der Waals surface area contributed by atoms with Crippen molar-refractivity contribution in [2.24, 2.45) is 0 Å². The van der Waals surface area contributed by atoms with Crippen LogP contribution >= 0.6 is 23.6 Å². The number of hydrogen-bond acceptors (Lipinski definition) is 4. The first-order chi connectivity index (χ1) is 11.8. The fourth-order valence-corrected chi connectivity index (χ4v) is 4.19. The first kappa shape index (κ1) is 15.2. The lowest BCUT2D eigenvalue weighted by atomic mass is 10.0. The van der Waals surface area contributed by atoms with Crippen LogP contribution in [0.25, 0.3) is 0 Å². The lowest BCUT2D eigenvalue weighted by Crippen LogP contribution is -2.29. The van der Waals surface area contributed by atoms with Gasteiger partial charge in [0.15, 0.2) is 5.11 Å². The van der Waals surface area contributed by atoms with Crippen molar-refractivity contribution in [2.75, 3.05) is 0 Å². The van der Waals surface area contributed by atoms with Gasteiger partial charge in [-0.1, -0.05) is 18.2 Å². The fraction of sp³-hybridized carbons (Fsp3) is 0.167. The minimum atomic E-state index is 0.0427. The quantitative estimate of drug-likeness (QED) is 0.725. The number of thiophene rings is 1. The second kappa shape index (κ2) is 6.67. The molecular formula is C18H16N4S2. The molecule has 1 saturated heterocycles. The third-order valence-electron chi connectivity index (χ3n) is 4.09. The van der Waals surface area contributed by atoms with Gasteiger partial charge in [-0.15, -0.1) is 11.3 Å². The molecule has 24 heavy (non-hydrogen) atoms. The molecule has 1 N–H and O–H groups in total. The van der Waals surface area contributed by atoms with Crippen LogP contribution in [0.3, 0.4) is 0 Å². The van der Waals surface area contributed by atoms with Gasteiger partial charge in [0.1, 0.15) is 0 Å². The van der Waals surface area contributed by atoms with Crippen LogP contribution in [-0.4, -0.2) is 20.0 Å². The minimum absolute atomic E-state index is 0.0427. The molecule has 4 rings (SSSR count). The highest BCUT2D eigenvalue weighted by atomic mass is 32.1. The summed E-state index contributed by atoms with van der Waals surface area (Å²) in [5.41, 5.74) is 2.01. The Morgan fingerprint density at radius 3 is 2.54 bits per heavy atom. The fourth-order valence-electron chi connectivity index (χ4n) is 3.01. The van der Waals surface area contributed by atoms with Gasteiger partial charge in [-0.3, -0.25) is 9.97 Å². The Morgan fingerprint density at radius 1 is 1.04 bits per heavy atom. The van der Waals surface area contributed by atoms with Crippen LogP contribution in [0, 0.1) is 0 Å². The lowest BCUT2D eigenvalue weighted by Gasteiger charge is -2.26. The molecule has 0 saturated carbocycles. The first-order valence-electron chi connectivity index (χ1n) is 7.74. The summed E-state index contributed by atoms with van der Waals surface area (Å²) >= 11 is 7.38. The standard InChI is InChI=1S/C18H16N4S2/c23-18-21-16(14-7-2-4-10-20-14)17(15-8-5-11-24-15)22(18)12-13-6-1-3-9-19-13/h1-11,16-17H,12H2,(H,21,23). The highest BCUT2D eigenvalue weighted by Gasteiger charge is 2.40. The van der Waals surface area contributed by atoms with Gasteiger partial charge in [-0.2, -0.15) is 0 Å². The zero-order valence-corrected chi connectivity index (χ0v) is 14.5. The third kappa shape index (κ3) is 2.90. The van der Waals surface area contributed by atoms with E-state index in [0.717, 1.165) is 16.5 Å². The van der Waals surface area contributed by atoms with Crippen molar-refractivity contribution in [2.45, 2.75) is 18.6 Å². The van der Waals surface area contributed by atoms with Gasteiger partial charge in [0.25, 0.3) is 0 Å². The molecule has 0 bridgehead atoms. The highest BCUT2D eigenvalue weighted by Crippen LogP contribution is 2.40. The summed E-state index contributed by atoms with van der Waals surface area (Å²) in [6, 6.07) is 16.4. The number of nitrogens with zero attached hydrogens (tertiary/aromatic N) is 3. The van der Waals surface area contributed by atoms with E-state index in [1.165, 1.54) is 4.88 Å². The molecule has 1 aliphatic heterocycles. The van der Waals surface area contributed by atoms with Crippen molar-refractivity contribution in [1.29, 1.82) is 0 Å². The largest absolute Gasteiger partial charge is 0.352 e. The third-order valence-corrected chi connectivity index (χ3v) is 5.39. The molecule has 120 valence electrons. The van der Waals surface area contributed by atoms with Crippen LogP contribution in [0.1, 0.15) is 28.3 Å². The van der Waals surface area contributed by atoms with Crippen LogP contribution < -0.4 is 5.32 Å². The van der Waals surface area contributed by atoms with Gasteiger partial charge in [0, 0.05) is 17.3 Å². The van der Waals surface area contributed by atoms with Crippen molar-refractivity contribution in [3.05, 3.63) is 82.6 Å². The minimum Gasteiger partial charge on any atom is -0.352 e. The molecule has 2 atom stereocenters.